The van der Waals surface area contributed by atoms with Crippen LogP contribution in [-0.4, -0.2) is 35.4 Å². The van der Waals surface area contributed by atoms with Crippen molar-refractivity contribution in [3.05, 3.63) is 42.0 Å². The molecule has 4 N–H and O–H groups in total. The van der Waals surface area contributed by atoms with E-state index < -0.39 is 27.6 Å². The molecule has 0 unspecified atom stereocenters. The number of nitrogens with one attached hydrogen (secondary N) is 1. The first-order chi connectivity index (χ1) is 9.20. The molecular weight excluding hydrogens is 282 g/mol. The fourth-order valence-electron chi connectivity index (χ4n) is 1.51. The van der Waals surface area contributed by atoms with E-state index in [4.69, 9.17) is 11.1 Å². The SMILES string of the molecule is C=CCS(=O)(=O)N(C(=N)N)C(=O)c1ccc(O)c(C)c1. The van der Waals surface area contributed by atoms with Crippen molar-refractivity contribution < 1.29 is 18.3 Å². The van der Waals surface area contributed by atoms with Gasteiger partial charge in [0.15, 0.2) is 0 Å². The van der Waals surface area contributed by atoms with Crippen LogP contribution in [-0.2, 0) is 10.0 Å². The van der Waals surface area contributed by atoms with Crippen LogP contribution >= 0.6 is 0 Å². The van der Waals surface area contributed by atoms with Crippen LogP contribution in [0.25, 0.3) is 0 Å². The summed E-state index contributed by atoms with van der Waals surface area (Å²) in [7, 11) is -4.09. The Labute approximate surface area is 116 Å². The predicted molar refractivity (Wildman–Crippen MR) is 74.9 cm³/mol. The van der Waals surface area contributed by atoms with Crippen molar-refractivity contribution in [3.8, 4) is 5.75 Å². The fourth-order valence-corrected chi connectivity index (χ4v) is 2.62. The maximum Gasteiger partial charge on any atom is 0.274 e. The van der Waals surface area contributed by atoms with E-state index in [1.807, 2.05) is 0 Å². The monoisotopic (exact) mass is 297 g/mol. The molecule has 0 fully saturated rings. The van der Waals surface area contributed by atoms with Gasteiger partial charge in [-0.2, -0.15) is 4.31 Å². The highest BCUT2D eigenvalue weighted by molar-refractivity contribution is 7.90. The third-order valence-electron chi connectivity index (χ3n) is 2.45. The van der Waals surface area contributed by atoms with E-state index in [2.05, 4.69) is 6.58 Å². The first-order valence-electron chi connectivity index (χ1n) is 5.52. The number of nitrogens with two attached hydrogens (primary N) is 1. The molecule has 0 radical (unpaired) electrons. The van der Waals surface area contributed by atoms with Crippen LogP contribution in [0.3, 0.4) is 0 Å². The lowest BCUT2D eigenvalue weighted by molar-refractivity contribution is 0.0912. The maximum absolute atomic E-state index is 12.2. The molecule has 1 rings (SSSR count). The quantitative estimate of drug-likeness (QED) is 0.425. The van der Waals surface area contributed by atoms with Crippen LogP contribution in [0.5, 0.6) is 5.75 Å². The summed E-state index contributed by atoms with van der Waals surface area (Å²) in [6.45, 7) is 4.84. The van der Waals surface area contributed by atoms with Crippen molar-refractivity contribution in [2.75, 3.05) is 5.75 Å². The van der Waals surface area contributed by atoms with E-state index in [0.29, 0.717) is 5.56 Å². The molecule has 0 saturated carbocycles. The van der Waals surface area contributed by atoms with Crippen molar-refractivity contribution in [2.24, 2.45) is 5.73 Å². The molecule has 0 aromatic heterocycles. The second-order valence-electron chi connectivity index (χ2n) is 4.02. The topological polar surface area (TPSA) is 125 Å². The van der Waals surface area contributed by atoms with Gasteiger partial charge in [0.25, 0.3) is 5.91 Å². The Kier molecular flexibility index (Phi) is 4.51. The molecular formula is C12H15N3O4S. The van der Waals surface area contributed by atoms with Gasteiger partial charge in [-0.25, -0.2) is 8.42 Å². The highest BCUT2D eigenvalue weighted by atomic mass is 32.2. The largest absolute Gasteiger partial charge is 0.508 e. The van der Waals surface area contributed by atoms with Gasteiger partial charge in [0.1, 0.15) is 5.75 Å². The average molecular weight is 297 g/mol. The number of aryl methyl sites for hydroxylation is 1. The summed E-state index contributed by atoms with van der Waals surface area (Å²) in [4.78, 5) is 12.2. The number of phenols is 1. The van der Waals surface area contributed by atoms with Gasteiger partial charge in [-0.15, -0.1) is 6.58 Å². The minimum absolute atomic E-state index is 0.00290. The van der Waals surface area contributed by atoms with Gasteiger partial charge in [0, 0.05) is 5.56 Å². The zero-order valence-electron chi connectivity index (χ0n) is 10.8. The smallest absolute Gasteiger partial charge is 0.274 e. The Morgan fingerprint density at radius 2 is 2.15 bits per heavy atom. The molecule has 7 nitrogen and oxygen atoms in total. The van der Waals surface area contributed by atoms with Crippen LogP contribution in [0.4, 0.5) is 0 Å². The van der Waals surface area contributed by atoms with E-state index in [9.17, 15) is 18.3 Å². The van der Waals surface area contributed by atoms with E-state index in [-0.39, 0.29) is 15.6 Å². The molecule has 0 aliphatic rings. The number of aromatic hydroxyl groups is 1. The average Bonchev–Trinajstić information content (AvgIpc) is 2.31. The van der Waals surface area contributed by atoms with Crippen LogP contribution in [0, 0.1) is 12.3 Å². The molecule has 0 atom stereocenters. The van der Waals surface area contributed by atoms with E-state index >= 15 is 0 Å². The first-order valence-corrected chi connectivity index (χ1v) is 7.13. The second-order valence-corrected chi connectivity index (χ2v) is 5.89. The number of phenolic OH excluding ortho intramolecular Hbond substituents is 1. The molecule has 8 heteroatoms. The summed E-state index contributed by atoms with van der Waals surface area (Å²) in [5.41, 5.74) is 5.59. The molecule has 0 bridgehead atoms. The standard InChI is InChI=1S/C12H15N3O4S/c1-3-6-20(18,19)15(12(13)14)11(17)9-4-5-10(16)8(2)7-9/h3-5,7,16H,1,6H2,2H3,(H3,13,14). The van der Waals surface area contributed by atoms with Crippen molar-refractivity contribution in [2.45, 2.75) is 6.92 Å². The molecule has 0 aliphatic carbocycles. The van der Waals surface area contributed by atoms with E-state index in [1.165, 1.54) is 18.2 Å². The van der Waals surface area contributed by atoms with Gasteiger partial charge in [-0.1, -0.05) is 6.08 Å². The van der Waals surface area contributed by atoms with Crippen LogP contribution in [0.2, 0.25) is 0 Å². The summed E-state index contributed by atoms with van der Waals surface area (Å²) in [5.74, 6) is -2.40. The number of carbonyl (C=O) groups excluding carboxylic acids is 1. The summed E-state index contributed by atoms with van der Waals surface area (Å²) >= 11 is 0. The maximum atomic E-state index is 12.2. The summed E-state index contributed by atoms with van der Waals surface area (Å²) in [5, 5.41) is 16.7. The second kappa shape index (κ2) is 5.74. The summed E-state index contributed by atoms with van der Waals surface area (Å²) < 4.78 is 24.0. The fraction of sp³-hybridized carbons (Fsp3) is 0.167. The molecule has 0 aliphatic heterocycles. The molecule has 1 aromatic carbocycles. The number of guanidine groups is 1. The van der Waals surface area contributed by atoms with Gasteiger partial charge >= 0.3 is 0 Å². The van der Waals surface area contributed by atoms with Crippen LogP contribution in [0.15, 0.2) is 30.9 Å². The lowest BCUT2D eigenvalue weighted by Crippen LogP contribution is -2.46. The lowest BCUT2D eigenvalue weighted by atomic mass is 10.1. The third kappa shape index (κ3) is 3.15. The Morgan fingerprint density at radius 1 is 1.55 bits per heavy atom. The number of hydrogen-bond donors (Lipinski definition) is 3. The number of carbonyl (C=O) groups is 1. The van der Waals surface area contributed by atoms with Gasteiger partial charge in [0.2, 0.25) is 16.0 Å². The molecule has 108 valence electrons. The predicted octanol–water partition coefficient (Wildman–Crippen LogP) is 0.552. The zero-order valence-corrected chi connectivity index (χ0v) is 11.6. The van der Waals surface area contributed by atoms with Gasteiger partial charge < -0.3 is 10.8 Å². The highest BCUT2D eigenvalue weighted by Crippen LogP contribution is 2.19. The number of sulfonamides is 1. The Balaban J connectivity index is 3.29. The Morgan fingerprint density at radius 3 is 2.60 bits per heavy atom. The van der Waals surface area contributed by atoms with E-state index in [0.717, 1.165) is 6.08 Å². The minimum atomic E-state index is -4.09. The molecule has 20 heavy (non-hydrogen) atoms. The van der Waals surface area contributed by atoms with Crippen molar-refractivity contribution in [3.63, 3.8) is 0 Å². The van der Waals surface area contributed by atoms with Crippen LogP contribution < -0.4 is 5.73 Å². The number of rotatable bonds is 4. The third-order valence-corrected chi connectivity index (χ3v) is 4.03. The number of amides is 1. The van der Waals surface area contributed by atoms with Gasteiger partial charge in [-0.05, 0) is 30.7 Å². The molecule has 1 aromatic rings. The first kappa shape index (κ1) is 15.7. The van der Waals surface area contributed by atoms with Gasteiger partial charge in [-0.3, -0.25) is 10.2 Å². The van der Waals surface area contributed by atoms with Crippen molar-refractivity contribution in [1.82, 2.24) is 4.31 Å². The number of hydrogen-bond acceptors (Lipinski definition) is 5. The summed E-state index contributed by atoms with van der Waals surface area (Å²) in [6.07, 6.45) is 1.10. The van der Waals surface area contributed by atoms with Crippen molar-refractivity contribution in [1.29, 1.82) is 5.41 Å². The van der Waals surface area contributed by atoms with Crippen molar-refractivity contribution >= 4 is 21.9 Å². The molecule has 1 amide bonds. The van der Waals surface area contributed by atoms with E-state index in [1.54, 1.807) is 6.92 Å². The van der Waals surface area contributed by atoms with Crippen LogP contribution in [0.1, 0.15) is 15.9 Å². The zero-order chi connectivity index (χ0) is 15.5. The minimum Gasteiger partial charge on any atom is -0.508 e. The number of nitrogens with zero attached hydrogens (tertiary/aromatic N) is 1. The number of benzene rings is 1. The highest BCUT2D eigenvalue weighted by Gasteiger charge is 2.30. The van der Waals surface area contributed by atoms with Gasteiger partial charge in [0.05, 0.1) is 5.75 Å². The Bertz CT molecular complexity index is 667. The molecule has 0 heterocycles. The lowest BCUT2D eigenvalue weighted by Gasteiger charge is -2.19. The molecule has 0 saturated heterocycles. The normalized spacial score (nSPS) is 10.8. The molecule has 0 spiro atoms. The summed E-state index contributed by atoms with van der Waals surface area (Å²) in [6, 6.07) is 3.84. The Hall–Kier alpha value is -2.35.